The first-order valence-corrected chi connectivity index (χ1v) is 24.7. The van der Waals surface area contributed by atoms with Crippen LogP contribution in [0.3, 0.4) is 0 Å². The van der Waals surface area contributed by atoms with Crippen LogP contribution in [0.5, 0.6) is 11.5 Å². The van der Waals surface area contributed by atoms with Crippen molar-refractivity contribution in [2.45, 2.75) is 83.8 Å². The number of carbonyl (C=O) groups excluding carboxylic acids is 1. The maximum absolute atomic E-state index is 14.9. The molecule has 0 spiro atoms. The maximum atomic E-state index is 14.9. The van der Waals surface area contributed by atoms with Gasteiger partial charge in [0.25, 0.3) is 5.91 Å². The number of carboxylic acids is 1. The molecule has 2 aliphatic carbocycles. The molecule has 1 amide bonds. The average molecular weight is 1040 g/mol. The van der Waals surface area contributed by atoms with E-state index in [0.717, 1.165) is 31.4 Å². The van der Waals surface area contributed by atoms with E-state index in [4.69, 9.17) is 20.3 Å². The largest absolute Gasteiger partial charge is 0.497 e. The molecule has 0 bridgehead atoms. The number of nitrogens with two attached hydrogens (primary N) is 1. The van der Waals surface area contributed by atoms with Gasteiger partial charge in [-0.2, -0.15) is 10.2 Å². The number of carboxylic acid groups (broad SMARTS) is 1. The molecule has 8 aromatic rings. The number of rotatable bonds is 17. The van der Waals surface area contributed by atoms with E-state index in [2.05, 4.69) is 25.5 Å². The second kappa shape index (κ2) is 24.4. The number of aliphatic hydroxyl groups is 2. The number of aromatic nitrogens is 6. The monoisotopic (exact) mass is 1030 g/mol. The number of aryl methyl sites for hydroxylation is 2. The number of pyridine rings is 2. The zero-order valence-electron chi connectivity index (χ0n) is 42.2. The van der Waals surface area contributed by atoms with Crippen LogP contribution in [-0.4, -0.2) is 70.9 Å². The standard InChI is InChI=1S/C29H29FN4O3.C17H19FN2O.C12H12N2O3.CH4/c1-19-17-26(34(33-19)22-9-11-23(37-2)12-10-22)28(35)32-25-18-21(8-13-24(25)30)29(36,15-14-20-6-7-20)27-5-3-4-16-31-27;18-14-7-6-13(11-15(14)19)17(21,9-8-12-4-5-12)16-3-1-2-10-20-16;1-8-7-11(12(15)16)14(13-8)9-3-5-10(17-2)6-4-9;/h3-5,8-13,16-18,20,36H,6-7,14-15H2,1-2H3,(H,32,35);1-3,6-7,10-12,21H,4-5,8-9,19H2;3-7H,1-2H3,(H,15,16);1H4. The molecule has 2 saturated carbocycles. The Morgan fingerprint density at radius 3 is 1.51 bits per heavy atom. The zero-order chi connectivity index (χ0) is 53.3. The Balaban J connectivity index is 0.000000182. The Hall–Kier alpha value is -8.28. The molecule has 4 aromatic heterocycles. The van der Waals surface area contributed by atoms with Crippen molar-refractivity contribution in [3.8, 4) is 22.9 Å². The van der Waals surface area contributed by atoms with Crippen LogP contribution in [0.4, 0.5) is 20.2 Å². The number of anilines is 2. The van der Waals surface area contributed by atoms with Gasteiger partial charge in [0.2, 0.25) is 0 Å². The van der Waals surface area contributed by atoms with Gasteiger partial charge in [0.1, 0.15) is 40.0 Å². The Labute approximate surface area is 441 Å². The van der Waals surface area contributed by atoms with Gasteiger partial charge in [-0.25, -0.2) is 22.9 Å². The van der Waals surface area contributed by atoms with Crippen LogP contribution < -0.4 is 20.5 Å². The molecule has 0 saturated heterocycles. The first-order valence-electron chi connectivity index (χ1n) is 24.7. The lowest BCUT2D eigenvalue weighted by Gasteiger charge is -2.29. The van der Waals surface area contributed by atoms with E-state index in [0.29, 0.717) is 75.7 Å². The zero-order valence-corrected chi connectivity index (χ0v) is 42.2. The molecule has 4 aromatic carbocycles. The first kappa shape index (κ1) is 55.5. The fraction of sp³-hybridized carbons (Fsp3) is 0.288. The van der Waals surface area contributed by atoms with Gasteiger partial charge in [-0.1, -0.05) is 57.4 Å². The van der Waals surface area contributed by atoms with Crippen LogP contribution in [0, 0.1) is 37.3 Å². The minimum Gasteiger partial charge on any atom is -0.497 e. The van der Waals surface area contributed by atoms with E-state index in [1.807, 2.05) is 18.2 Å². The van der Waals surface area contributed by atoms with Crippen LogP contribution in [0.2, 0.25) is 0 Å². The highest BCUT2D eigenvalue weighted by atomic mass is 19.1. The van der Waals surface area contributed by atoms with Crippen LogP contribution in [0.1, 0.15) is 114 Å². The van der Waals surface area contributed by atoms with E-state index < -0.39 is 34.7 Å². The second-order valence-electron chi connectivity index (χ2n) is 18.9. The summed E-state index contributed by atoms with van der Waals surface area (Å²) in [6.45, 7) is 3.54. The lowest BCUT2D eigenvalue weighted by atomic mass is 9.84. The van der Waals surface area contributed by atoms with Crippen molar-refractivity contribution in [2.75, 3.05) is 25.3 Å². The molecule has 0 aliphatic heterocycles. The highest BCUT2D eigenvalue weighted by Crippen LogP contribution is 2.42. The summed E-state index contributed by atoms with van der Waals surface area (Å²) < 4.78 is 41.5. The highest BCUT2D eigenvalue weighted by Gasteiger charge is 2.37. The quantitative estimate of drug-likeness (QED) is 0.0539. The summed E-state index contributed by atoms with van der Waals surface area (Å²) in [6.07, 6.45) is 10.9. The van der Waals surface area contributed by atoms with Crippen LogP contribution in [-0.2, 0) is 11.2 Å². The summed E-state index contributed by atoms with van der Waals surface area (Å²) in [6, 6.07) is 36.9. The Morgan fingerprint density at radius 1 is 0.645 bits per heavy atom. The molecule has 15 nitrogen and oxygen atoms in total. The lowest BCUT2D eigenvalue weighted by molar-refractivity contribution is 0.0622. The third-order valence-corrected chi connectivity index (χ3v) is 13.3. The predicted octanol–water partition coefficient (Wildman–Crippen LogP) is 11.2. The number of benzene rings is 4. The van der Waals surface area contributed by atoms with Crippen molar-refractivity contribution in [3.63, 3.8) is 0 Å². The van der Waals surface area contributed by atoms with Crippen LogP contribution in [0.15, 0.2) is 146 Å². The number of aromatic carboxylic acids is 1. The molecular formula is C59H64F2N8O7. The molecule has 17 heteroatoms. The lowest BCUT2D eigenvalue weighted by Crippen LogP contribution is -2.29. The molecule has 6 N–H and O–H groups in total. The third-order valence-electron chi connectivity index (χ3n) is 13.3. The second-order valence-corrected chi connectivity index (χ2v) is 18.9. The van der Waals surface area contributed by atoms with E-state index in [9.17, 15) is 28.6 Å². The van der Waals surface area contributed by atoms with Crippen molar-refractivity contribution in [1.82, 2.24) is 29.5 Å². The van der Waals surface area contributed by atoms with Crippen LogP contribution >= 0.6 is 0 Å². The Bertz CT molecular complexity index is 3220. The molecule has 10 rings (SSSR count). The van der Waals surface area contributed by atoms with E-state index in [1.165, 1.54) is 52.5 Å². The molecule has 2 atom stereocenters. The molecule has 396 valence electrons. The Morgan fingerprint density at radius 2 is 1.09 bits per heavy atom. The van der Waals surface area contributed by atoms with Gasteiger partial charge < -0.3 is 35.8 Å². The van der Waals surface area contributed by atoms with Gasteiger partial charge in [-0.15, -0.1) is 0 Å². The van der Waals surface area contributed by atoms with Crippen molar-refractivity contribution >= 4 is 23.3 Å². The molecule has 76 heavy (non-hydrogen) atoms. The van der Waals surface area contributed by atoms with Gasteiger partial charge in [-0.3, -0.25) is 14.8 Å². The maximum Gasteiger partial charge on any atom is 0.354 e. The number of carbonyl (C=O) groups is 2. The van der Waals surface area contributed by atoms with E-state index in [1.54, 1.807) is 125 Å². The van der Waals surface area contributed by atoms with Gasteiger partial charge in [0.15, 0.2) is 5.69 Å². The molecule has 2 unspecified atom stereocenters. The number of hydrogen-bond acceptors (Lipinski definition) is 11. The summed E-state index contributed by atoms with van der Waals surface area (Å²) in [5.41, 5.74) is 8.26. The van der Waals surface area contributed by atoms with Crippen molar-refractivity contribution in [2.24, 2.45) is 11.8 Å². The molecular weight excluding hydrogens is 971 g/mol. The minimum absolute atomic E-state index is 0. The van der Waals surface area contributed by atoms with Gasteiger partial charge >= 0.3 is 5.97 Å². The smallest absolute Gasteiger partial charge is 0.354 e. The third kappa shape index (κ3) is 13.3. The Kier molecular flexibility index (Phi) is 17.8. The molecule has 2 aliphatic rings. The summed E-state index contributed by atoms with van der Waals surface area (Å²) >= 11 is 0. The number of ether oxygens (including phenoxy) is 2. The number of halogens is 2. The van der Waals surface area contributed by atoms with E-state index in [-0.39, 0.29) is 30.2 Å². The fourth-order valence-corrected chi connectivity index (χ4v) is 8.71. The van der Waals surface area contributed by atoms with Gasteiger partial charge in [-0.05, 0) is 172 Å². The number of nitrogens with one attached hydrogen (secondary N) is 1. The summed E-state index contributed by atoms with van der Waals surface area (Å²) in [5, 5.41) is 43.3. The minimum atomic E-state index is -1.40. The summed E-state index contributed by atoms with van der Waals surface area (Å²) in [4.78, 5) is 33.0. The summed E-state index contributed by atoms with van der Waals surface area (Å²) in [7, 11) is 3.16. The number of amides is 1. The fourth-order valence-electron chi connectivity index (χ4n) is 8.71. The normalized spacial score (nSPS) is 14.3. The van der Waals surface area contributed by atoms with Crippen molar-refractivity contribution in [1.29, 1.82) is 0 Å². The number of methoxy groups -OCH3 is 2. The highest BCUT2D eigenvalue weighted by molar-refractivity contribution is 6.03. The predicted molar refractivity (Wildman–Crippen MR) is 287 cm³/mol. The first-order chi connectivity index (χ1) is 36.1. The van der Waals surface area contributed by atoms with E-state index >= 15 is 0 Å². The summed E-state index contributed by atoms with van der Waals surface area (Å²) in [5.74, 6) is 0.0934. The van der Waals surface area contributed by atoms with Gasteiger partial charge in [0.05, 0.1) is 59.7 Å². The van der Waals surface area contributed by atoms with Crippen molar-refractivity contribution in [3.05, 3.63) is 203 Å². The van der Waals surface area contributed by atoms with Crippen molar-refractivity contribution < 1.29 is 43.2 Å². The topological polar surface area (TPSA) is 213 Å². The average Bonchev–Trinajstić information content (AvgIpc) is 4.38. The van der Waals surface area contributed by atoms with Gasteiger partial charge in [0, 0.05) is 12.4 Å². The number of nitrogens with zero attached hydrogens (tertiary/aromatic N) is 6. The SMILES string of the molecule is C.COc1ccc(-n2nc(C)cc2C(=O)Nc2cc(C(O)(CCC3CC3)c3ccccn3)ccc2F)cc1.COc1ccc(-n2nc(C)cc2C(=O)O)cc1.Nc1cc(C(O)(CCC2CC2)c2ccccn2)ccc1F. The molecule has 4 heterocycles. The number of nitrogen functional groups attached to an aromatic ring is 1. The molecule has 0 radical (unpaired) electrons. The number of hydrogen-bond donors (Lipinski definition) is 5. The van der Waals surface area contributed by atoms with Crippen LogP contribution in [0.25, 0.3) is 11.4 Å². The molecule has 2 fully saturated rings.